The number of rotatable bonds is 5. The second-order valence-electron chi connectivity index (χ2n) is 7.87. The smallest absolute Gasteiger partial charge is 0.263 e. The van der Waals surface area contributed by atoms with Crippen molar-refractivity contribution in [3.63, 3.8) is 0 Å². The van der Waals surface area contributed by atoms with Gasteiger partial charge < -0.3 is 24.4 Å². The van der Waals surface area contributed by atoms with Gasteiger partial charge in [0.25, 0.3) is 11.5 Å². The number of aryl methyl sites for hydroxylation is 1. The first-order chi connectivity index (χ1) is 13.4. The highest BCUT2D eigenvalue weighted by Crippen LogP contribution is 2.42. The number of fused-ring (bicyclic) bond motifs is 1. The summed E-state index contributed by atoms with van der Waals surface area (Å²) in [5, 5.41) is 2.99. The minimum Gasteiger partial charge on any atom is -0.383 e. The Kier molecular flexibility index (Phi) is 6.20. The number of carbonyl (C=O) groups is 2. The van der Waals surface area contributed by atoms with E-state index in [1.165, 1.54) is 4.57 Å². The predicted octanol–water partition coefficient (Wildman–Crippen LogP) is 0.0744. The average molecular weight is 390 g/mol. The molecule has 2 aliphatic heterocycles. The van der Waals surface area contributed by atoms with Crippen molar-refractivity contribution >= 4 is 11.8 Å². The van der Waals surface area contributed by atoms with Gasteiger partial charge >= 0.3 is 0 Å². The van der Waals surface area contributed by atoms with Crippen LogP contribution < -0.4 is 10.9 Å². The van der Waals surface area contributed by atoms with Gasteiger partial charge in [-0.15, -0.1) is 0 Å². The van der Waals surface area contributed by atoms with Crippen LogP contribution in [0.3, 0.4) is 0 Å². The van der Waals surface area contributed by atoms with Crippen LogP contribution >= 0.6 is 0 Å². The number of carbonyl (C=O) groups excluding carboxylic acids is 2. The molecular formula is C20H30N4O4. The van der Waals surface area contributed by atoms with Crippen molar-refractivity contribution in [2.75, 3.05) is 46.9 Å². The van der Waals surface area contributed by atoms with Crippen molar-refractivity contribution in [3.05, 3.63) is 34.2 Å². The topological polar surface area (TPSA) is 83.9 Å². The van der Waals surface area contributed by atoms with E-state index in [4.69, 9.17) is 4.74 Å². The van der Waals surface area contributed by atoms with Crippen molar-refractivity contribution < 1.29 is 14.3 Å². The van der Waals surface area contributed by atoms with Gasteiger partial charge in [0.15, 0.2) is 0 Å². The highest BCUT2D eigenvalue weighted by Gasteiger charge is 2.53. The minimum atomic E-state index is -0.617. The van der Waals surface area contributed by atoms with E-state index in [2.05, 4.69) is 10.2 Å². The van der Waals surface area contributed by atoms with Crippen LogP contribution in [0.4, 0.5) is 0 Å². The molecule has 1 aromatic heterocycles. The largest absolute Gasteiger partial charge is 0.383 e. The Bertz CT molecular complexity index is 793. The summed E-state index contributed by atoms with van der Waals surface area (Å²) in [7, 11) is 5.24. The fourth-order valence-corrected chi connectivity index (χ4v) is 4.51. The van der Waals surface area contributed by atoms with Gasteiger partial charge in [-0.3, -0.25) is 14.4 Å². The number of methoxy groups -OCH3 is 1. The third-order valence-electron chi connectivity index (χ3n) is 6.12. The fraction of sp³-hybridized carbons (Fsp3) is 0.650. The summed E-state index contributed by atoms with van der Waals surface area (Å²) < 4.78 is 6.46. The first-order valence-electron chi connectivity index (χ1n) is 9.83. The lowest BCUT2D eigenvalue weighted by Gasteiger charge is -2.53. The zero-order chi connectivity index (χ0) is 20.3. The SMILES string of the molecule is COCCNC(=O)[C@@]12CCCN(C(=O)c3cccn(C)c3=O)[C@H]1CN(C)CC2. The third-order valence-corrected chi connectivity index (χ3v) is 6.12. The molecule has 8 heteroatoms. The van der Waals surface area contributed by atoms with Crippen molar-refractivity contribution in [1.29, 1.82) is 0 Å². The van der Waals surface area contributed by atoms with E-state index in [0.717, 1.165) is 19.4 Å². The maximum Gasteiger partial charge on any atom is 0.263 e. The molecule has 2 atom stereocenters. The second-order valence-corrected chi connectivity index (χ2v) is 7.87. The van der Waals surface area contributed by atoms with E-state index in [0.29, 0.717) is 32.7 Å². The molecule has 0 radical (unpaired) electrons. The number of pyridine rings is 1. The Hall–Kier alpha value is -2.19. The normalized spacial score (nSPS) is 25.2. The van der Waals surface area contributed by atoms with Gasteiger partial charge in [0.2, 0.25) is 5.91 Å². The number of nitrogens with zero attached hydrogens (tertiary/aromatic N) is 3. The van der Waals surface area contributed by atoms with Crippen LogP contribution in [0.5, 0.6) is 0 Å². The van der Waals surface area contributed by atoms with Crippen LogP contribution in [0, 0.1) is 5.41 Å². The van der Waals surface area contributed by atoms with Crippen LogP contribution in [0.15, 0.2) is 23.1 Å². The van der Waals surface area contributed by atoms with Gasteiger partial charge in [0, 0.05) is 40.0 Å². The number of hydrogen-bond acceptors (Lipinski definition) is 5. The predicted molar refractivity (Wildman–Crippen MR) is 105 cm³/mol. The first kappa shape index (κ1) is 20.5. The summed E-state index contributed by atoms with van der Waals surface area (Å²) in [6.45, 7) is 2.89. The maximum atomic E-state index is 13.3. The summed E-state index contributed by atoms with van der Waals surface area (Å²) in [4.78, 5) is 42.9. The molecular weight excluding hydrogens is 360 g/mol. The molecule has 2 saturated heterocycles. The standard InChI is InChI=1S/C20H30N4O4/c1-22-12-8-20(19(27)21-9-13-28-3)7-5-11-24(16(20)14-22)18(26)15-6-4-10-23(2)17(15)25/h4,6,10,16H,5,7-9,11-14H2,1-3H3,(H,21,27)/t16-,20+/m0/s1. The number of amides is 2. The van der Waals surface area contributed by atoms with Gasteiger partial charge in [-0.2, -0.15) is 0 Å². The van der Waals surface area contributed by atoms with Crippen molar-refractivity contribution in [1.82, 2.24) is 19.7 Å². The molecule has 1 aromatic rings. The zero-order valence-electron chi connectivity index (χ0n) is 16.9. The van der Waals surface area contributed by atoms with Gasteiger partial charge in [-0.05, 0) is 45.0 Å². The summed E-state index contributed by atoms with van der Waals surface area (Å²) in [6.07, 6.45) is 3.83. The lowest BCUT2D eigenvalue weighted by Crippen LogP contribution is -2.66. The highest BCUT2D eigenvalue weighted by molar-refractivity contribution is 5.95. The van der Waals surface area contributed by atoms with Crippen molar-refractivity contribution in [3.8, 4) is 0 Å². The second kappa shape index (κ2) is 8.45. The molecule has 0 aromatic carbocycles. The van der Waals surface area contributed by atoms with Crippen LogP contribution in [0.25, 0.3) is 0 Å². The lowest BCUT2D eigenvalue weighted by molar-refractivity contribution is -0.142. The molecule has 1 N–H and O–H groups in total. The third kappa shape index (κ3) is 3.71. The van der Waals surface area contributed by atoms with E-state index < -0.39 is 5.41 Å². The molecule has 154 valence electrons. The molecule has 0 bridgehead atoms. The molecule has 2 fully saturated rings. The van der Waals surface area contributed by atoms with Crippen molar-refractivity contribution in [2.45, 2.75) is 25.3 Å². The Morgan fingerprint density at radius 3 is 2.82 bits per heavy atom. The van der Waals surface area contributed by atoms with E-state index in [-0.39, 0.29) is 29.0 Å². The highest BCUT2D eigenvalue weighted by atomic mass is 16.5. The van der Waals surface area contributed by atoms with Gasteiger partial charge in [-0.1, -0.05) is 0 Å². The number of ether oxygens (including phenoxy) is 1. The van der Waals surface area contributed by atoms with Crippen molar-refractivity contribution in [2.24, 2.45) is 12.5 Å². The Balaban J connectivity index is 1.92. The number of likely N-dealkylation sites (N-methyl/N-ethyl adjacent to an activating group) is 1. The summed E-state index contributed by atoms with van der Waals surface area (Å²) >= 11 is 0. The van der Waals surface area contributed by atoms with Crippen LogP contribution in [0.1, 0.15) is 29.6 Å². The van der Waals surface area contributed by atoms with Crippen LogP contribution in [-0.4, -0.2) is 79.2 Å². The molecule has 0 saturated carbocycles. The zero-order valence-corrected chi connectivity index (χ0v) is 16.9. The average Bonchev–Trinajstić information content (AvgIpc) is 2.69. The van der Waals surface area contributed by atoms with E-state index in [9.17, 15) is 14.4 Å². The number of hydrogen-bond donors (Lipinski definition) is 1. The molecule has 28 heavy (non-hydrogen) atoms. The van der Waals surface area contributed by atoms with Gasteiger partial charge in [0.1, 0.15) is 5.56 Å². The summed E-state index contributed by atoms with van der Waals surface area (Å²) in [6, 6.07) is 3.03. The molecule has 2 amide bonds. The number of nitrogens with one attached hydrogen (secondary N) is 1. The number of piperidine rings is 2. The van der Waals surface area contributed by atoms with Gasteiger partial charge in [0.05, 0.1) is 18.1 Å². The Morgan fingerprint density at radius 2 is 2.07 bits per heavy atom. The molecule has 0 aliphatic carbocycles. The monoisotopic (exact) mass is 390 g/mol. The summed E-state index contributed by atoms with van der Waals surface area (Å²) in [5.41, 5.74) is -0.764. The van der Waals surface area contributed by atoms with Gasteiger partial charge in [-0.25, -0.2) is 0 Å². The molecule has 8 nitrogen and oxygen atoms in total. The number of likely N-dealkylation sites (tertiary alicyclic amines) is 2. The molecule has 2 aliphatic rings. The fourth-order valence-electron chi connectivity index (χ4n) is 4.51. The van der Waals surface area contributed by atoms with E-state index in [1.54, 1.807) is 37.4 Å². The van der Waals surface area contributed by atoms with Crippen LogP contribution in [-0.2, 0) is 16.6 Å². The first-order valence-corrected chi connectivity index (χ1v) is 9.83. The molecule has 3 heterocycles. The van der Waals surface area contributed by atoms with E-state index in [1.807, 2.05) is 7.05 Å². The van der Waals surface area contributed by atoms with Crippen LogP contribution in [0.2, 0.25) is 0 Å². The quantitative estimate of drug-likeness (QED) is 0.720. The minimum absolute atomic E-state index is 0.0129. The Morgan fingerprint density at radius 1 is 1.29 bits per heavy atom. The lowest BCUT2D eigenvalue weighted by atomic mass is 9.67. The summed E-state index contributed by atoms with van der Waals surface area (Å²) in [5.74, 6) is -0.295. The Labute approximate surface area is 165 Å². The number of aromatic nitrogens is 1. The molecule has 0 spiro atoms. The molecule has 3 rings (SSSR count). The maximum absolute atomic E-state index is 13.3. The molecule has 0 unspecified atom stereocenters. The van der Waals surface area contributed by atoms with E-state index >= 15 is 0 Å².